The molecule has 1 aliphatic heterocycles. The number of hydrogen-bond donors (Lipinski definition) is 1. The van der Waals surface area contributed by atoms with E-state index in [2.05, 4.69) is 24.4 Å². The van der Waals surface area contributed by atoms with Crippen molar-refractivity contribution < 1.29 is 9.36 Å². The lowest BCUT2D eigenvalue weighted by Gasteiger charge is -2.28. The third-order valence-corrected chi connectivity index (χ3v) is 3.94. The van der Waals surface area contributed by atoms with Crippen LogP contribution < -0.4 is 9.88 Å². The predicted molar refractivity (Wildman–Crippen MR) is 70.4 cm³/mol. The summed E-state index contributed by atoms with van der Waals surface area (Å²) in [4.78, 5) is 11.1. The minimum Gasteiger partial charge on any atom is -0.349 e. The molecule has 1 amide bonds. The summed E-state index contributed by atoms with van der Waals surface area (Å²) in [5, 5.41) is 5.92. The number of fused-ring (bicyclic) bond motifs is 1. The molecule has 0 bridgehead atoms. The Bertz CT molecular complexity index is 658. The maximum Gasteiger partial charge on any atom is 0.275 e. The van der Waals surface area contributed by atoms with Crippen LogP contribution in [0.25, 0.3) is 10.8 Å². The molecule has 1 N–H and O–H groups in total. The fourth-order valence-electron chi connectivity index (χ4n) is 2.42. The zero-order chi connectivity index (χ0) is 12.9. The summed E-state index contributed by atoms with van der Waals surface area (Å²) >= 11 is 6.18. The molecule has 1 aromatic carbocycles. The maximum atomic E-state index is 11.1. The summed E-state index contributed by atoms with van der Waals surface area (Å²) in [6.45, 7) is 2.08. The van der Waals surface area contributed by atoms with Gasteiger partial charge in [-0.2, -0.15) is 4.57 Å². The van der Waals surface area contributed by atoms with Crippen LogP contribution in [0.4, 0.5) is 0 Å². The first-order chi connectivity index (χ1) is 8.56. The standard InChI is InChI=1S/C14H13ClN2O/c1-8-3-4-9(12-6-14(18)16-12)10-5-13(15)17(2)7-11(8)10/h3-5,7,12H,6H2,1-2H3/p+1. The van der Waals surface area contributed by atoms with Gasteiger partial charge < -0.3 is 5.32 Å². The van der Waals surface area contributed by atoms with E-state index in [1.807, 2.05) is 23.9 Å². The second-order valence-corrected chi connectivity index (χ2v) is 5.22. The number of pyridine rings is 1. The lowest BCUT2D eigenvalue weighted by atomic mass is 9.91. The van der Waals surface area contributed by atoms with Crippen molar-refractivity contribution in [2.24, 2.45) is 7.05 Å². The van der Waals surface area contributed by atoms with Crippen molar-refractivity contribution in [1.82, 2.24) is 5.32 Å². The number of hydrogen-bond acceptors (Lipinski definition) is 1. The number of aromatic nitrogens is 1. The first-order valence-corrected chi connectivity index (χ1v) is 6.32. The molecule has 4 heteroatoms. The van der Waals surface area contributed by atoms with Crippen LogP contribution in [0, 0.1) is 6.92 Å². The van der Waals surface area contributed by atoms with Gasteiger partial charge in [-0.05, 0) is 29.7 Å². The number of aryl methyl sites for hydroxylation is 2. The fourth-order valence-corrected chi connectivity index (χ4v) is 2.58. The lowest BCUT2D eigenvalue weighted by Crippen LogP contribution is -2.41. The summed E-state index contributed by atoms with van der Waals surface area (Å²) in [5.74, 6) is 0.112. The number of nitrogens with zero attached hydrogens (tertiary/aromatic N) is 1. The molecule has 18 heavy (non-hydrogen) atoms. The highest BCUT2D eigenvalue weighted by molar-refractivity contribution is 6.29. The quantitative estimate of drug-likeness (QED) is 0.476. The molecule has 1 aliphatic rings. The average molecular weight is 262 g/mol. The molecule has 2 heterocycles. The number of halogens is 1. The SMILES string of the molecule is Cc1ccc(C2CC(=O)N2)c2cc(Cl)[n+](C)cc12. The van der Waals surface area contributed by atoms with Gasteiger partial charge in [0, 0.05) is 16.8 Å². The van der Waals surface area contributed by atoms with Crippen molar-refractivity contribution in [1.29, 1.82) is 0 Å². The number of β-lactam (4-membered cyclic amide) rings is 1. The van der Waals surface area contributed by atoms with Gasteiger partial charge in [-0.15, -0.1) is 0 Å². The monoisotopic (exact) mass is 261 g/mol. The number of carbonyl (C=O) groups excluding carboxylic acids is 1. The molecule has 1 aromatic heterocycles. The van der Waals surface area contributed by atoms with Crippen molar-refractivity contribution in [3.05, 3.63) is 40.7 Å². The minimum absolute atomic E-state index is 0.112. The third kappa shape index (κ3) is 1.66. The van der Waals surface area contributed by atoms with Crippen molar-refractivity contribution >= 4 is 28.3 Å². The highest BCUT2D eigenvalue weighted by Gasteiger charge is 2.28. The van der Waals surface area contributed by atoms with Crippen LogP contribution in [0.5, 0.6) is 0 Å². The highest BCUT2D eigenvalue weighted by Crippen LogP contribution is 2.32. The summed E-state index contributed by atoms with van der Waals surface area (Å²) < 4.78 is 1.90. The van der Waals surface area contributed by atoms with Crippen molar-refractivity contribution in [3.8, 4) is 0 Å². The van der Waals surface area contributed by atoms with Gasteiger partial charge in [0.05, 0.1) is 12.5 Å². The van der Waals surface area contributed by atoms with Gasteiger partial charge in [-0.25, -0.2) is 0 Å². The lowest BCUT2D eigenvalue weighted by molar-refractivity contribution is -0.667. The van der Waals surface area contributed by atoms with Crippen LogP contribution in [0.3, 0.4) is 0 Å². The molecular formula is C14H14ClN2O+. The Balaban J connectivity index is 2.24. The van der Waals surface area contributed by atoms with E-state index in [1.165, 1.54) is 10.9 Å². The predicted octanol–water partition coefficient (Wildman–Crippen LogP) is 2.19. The molecular weight excluding hydrogens is 248 g/mol. The van der Waals surface area contributed by atoms with Crippen molar-refractivity contribution in [2.45, 2.75) is 19.4 Å². The van der Waals surface area contributed by atoms with E-state index >= 15 is 0 Å². The van der Waals surface area contributed by atoms with Crippen molar-refractivity contribution in [3.63, 3.8) is 0 Å². The molecule has 0 radical (unpaired) electrons. The summed E-state index contributed by atoms with van der Waals surface area (Å²) in [6, 6.07) is 6.28. The van der Waals surface area contributed by atoms with Gasteiger partial charge in [0.2, 0.25) is 5.91 Å². The zero-order valence-corrected chi connectivity index (χ0v) is 11.1. The molecule has 1 saturated heterocycles. The van der Waals surface area contributed by atoms with E-state index in [1.54, 1.807) is 0 Å². The van der Waals surface area contributed by atoms with Crippen LogP contribution in [-0.4, -0.2) is 5.91 Å². The smallest absolute Gasteiger partial charge is 0.275 e. The van der Waals surface area contributed by atoms with E-state index < -0.39 is 0 Å². The molecule has 3 rings (SSSR count). The van der Waals surface area contributed by atoms with Gasteiger partial charge in [-0.1, -0.05) is 12.1 Å². The molecule has 1 unspecified atom stereocenters. The van der Waals surface area contributed by atoms with Gasteiger partial charge in [0.15, 0.2) is 6.20 Å². The maximum absolute atomic E-state index is 11.1. The van der Waals surface area contributed by atoms with E-state index in [-0.39, 0.29) is 11.9 Å². The van der Waals surface area contributed by atoms with Crippen LogP contribution in [0.15, 0.2) is 24.4 Å². The van der Waals surface area contributed by atoms with Crippen molar-refractivity contribution in [2.75, 3.05) is 0 Å². The van der Waals surface area contributed by atoms with Gasteiger partial charge in [0.25, 0.3) is 5.15 Å². The molecule has 92 valence electrons. The Morgan fingerprint density at radius 2 is 2.11 bits per heavy atom. The van der Waals surface area contributed by atoms with E-state index in [9.17, 15) is 4.79 Å². The van der Waals surface area contributed by atoms with Crippen LogP contribution in [0.1, 0.15) is 23.6 Å². The number of nitrogens with one attached hydrogen (secondary N) is 1. The second-order valence-electron chi connectivity index (χ2n) is 4.83. The highest BCUT2D eigenvalue weighted by atomic mass is 35.5. The van der Waals surface area contributed by atoms with Gasteiger partial charge in [0.1, 0.15) is 7.05 Å². The van der Waals surface area contributed by atoms with Crippen LogP contribution >= 0.6 is 11.6 Å². The Hall–Kier alpha value is -1.61. The molecule has 0 saturated carbocycles. The summed E-state index contributed by atoms with van der Waals surface area (Å²) in [7, 11) is 1.93. The first kappa shape index (κ1) is 11.5. The van der Waals surface area contributed by atoms with E-state index in [0.29, 0.717) is 11.6 Å². The third-order valence-electron chi connectivity index (χ3n) is 3.56. The number of amides is 1. The second kappa shape index (κ2) is 3.95. The number of carbonyl (C=O) groups is 1. The zero-order valence-electron chi connectivity index (χ0n) is 10.3. The Kier molecular flexibility index (Phi) is 2.52. The largest absolute Gasteiger partial charge is 0.349 e. The number of benzene rings is 1. The van der Waals surface area contributed by atoms with Gasteiger partial charge >= 0.3 is 0 Å². The molecule has 0 spiro atoms. The molecule has 2 aromatic rings. The van der Waals surface area contributed by atoms with Crippen LogP contribution in [0.2, 0.25) is 5.15 Å². The minimum atomic E-state index is 0.112. The number of rotatable bonds is 1. The summed E-state index contributed by atoms with van der Waals surface area (Å²) in [5.41, 5.74) is 2.37. The fraction of sp³-hybridized carbons (Fsp3) is 0.286. The Morgan fingerprint density at radius 3 is 2.78 bits per heavy atom. The topological polar surface area (TPSA) is 33.0 Å². The average Bonchev–Trinajstić information content (AvgIpc) is 2.29. The van der Waals surface area contributed by atoms with Crippen LogP contribution in [-0.2, 0) is 11.8 Å². The van der Waals surface area contributed by atoms with Gasteiger partial charge in [-0.3, -0.25) is 4.79 Å². The molecule has 0 aliphatic carbocycles. The summed E-state index contributed by atoms with van der Waals surface area (Å²) in [6.07, 6.45) is 2.60. The Morgan fingerprint density at radius 1 is 1.39 bits per heavy atom. The molecule has 1 atom stereocenters. The molecule has 3 nitrogen and oxygen atoms in total. The first-order valence-electron chi connectivity index (χ1n) is 5.94. The normalized spacial score (nSPS) is 18.6. The van der Waals surface area contributed by atoms with E-state index in [4.69, 9.17) is 11.6 Å². The Labute approximate surface area is 110 Å². The molecule has 1 fully saturated rings. The van der Waals surface area contributed by atoms with E-state index in [0.717, 1.165) is 10.9 Å².